The number of rotatable bonds is 5. The summed E-state index contributed by atoms with van der Waals surface area (Å²) in [5.41, 5.74) is 9.57. The van der Waals surface area contributed by atoms with Crippen molar-refractivity contribution < 1.29 is 5.11 Å². The van der Waals surface area contributed by atoms with Crippen LogP contribution in [0.15, 0.2) is 18.2 Å². The third-order valence-electron chi connectivity index (χ3n) is 3.14. The zero-order chi connectivity index (χ0) is 12.1. The largest absolute Gasteiger partial charge is 0.391 e. The van der Waals surface area contributed by atoms with Crippen LogP contribution in [0.5, 0.6) is 0 Å². The molecule has 2 nitrogen and oxygen atoms in total. The summed E-state index contributed by atoms with van der Waals surface area (Å²) in [6.45, 7) is 6.22. The highest BCUT2D eigenvalue weighted by Crippen LogP contribution is 2.24. The Morgan fingerprint density at radius 1 is 1.24 bits per heavy atom. The number of aryl methyl sites for hydroxylation is 2. The normalized spacial score (nSPS) is 13.9. The molecule has 0 aliphatic heterocycles. The summed E-state index contributed by atoms with van der Waals surface area (Å²) in [5, 5.41) is 10.0. The number of hydrogen-bond acceptors (Lipinski definition) is 2. The summed E-state index contributed by atoms with van der Waals surface area (Å²) < 4.78 is 0. The van der Waals surface area contributed by atoms with E-state index in [0.717, 1.165) is 24.8 Å². The third kappa shape index (κ3) is 4.30. The minimum Gasteiger partial charge on any atom is -0.391 e. The van der Waals surface area contributed by atoms with Gasteiger partial charge in [-0.15, -0.1) is 12.4 Å². The molecular weight excluding hydrogens is 234 g/mol. The standard InChI is InChI=1S/C14H23NO.ClH/c1-4-5-9-12(16)14(15)13-10(2)7-6-8-11(13)3;/h6-8,12,14,16H,4-5,9,15H2,1-3H3;1H/t12-,14-;/m0./s1. The number of unbranched alkanes of at least 4 members (excludes halogenated alkanes) is 1. The summed E-state index contributed by atoms with van der Waals surface area (Å²) in [6, 6.07) is 5.87. The maximum atomic E-state index is 10.0. The molecule has 0 aromatic heterocycles. The minimum atomic E-state index is -0.431. The van der Waals surface area contributed by atoms with Gasteiger partial charge >= 0.3 is 0 Å². The smallest absolute Gasteiger partial charge is 0.0733 e. The molecule has 0 saturated carbocycles. The molecule has 1 aromatic rings. The van der Waals surface area contributed by atoms with Crippen molar-refractivity contribution in [1.82, 2.24) is 0 Å². The highest BCUT2D eigenvalue weighted by atomic mass is 35.5. The first kappa shape index (κ1) is 16.4. The number of nitrogens with two attached hydrogens (primary N) is 1. The molecule has 0 fully saturated rings. The van der Waals surface area contributed by atoms with Gasteiger partial charge in [0.05, 0.1) is 12.1 Å². The predicted octanol–water partition coefficient (Wildman–Crippen LogP) is 3.28. The van der Waals surface area contributed by atoms with E-state index >= 15 is 0 Å². The first-order valence-electron chi connectivity index (χ1n) is 6.07. The van der Waals surface area contributed by atoms with Gasteiger partial charge in [0.1, 0.15) is 0 Å². The van der Waals surface area contributed by atoms with Gasteiger partial charge in [-0.05, 0) is 37.0 Å². The Morgan fingerprint density at radius 2 is 1.76 bits per heavy atom. The van der Waals surface area contributed by atoms with Crippen molar-refractivity contribution in [2.24, 2.45) is 5.73 Å². The number of aliphatic hydroxyl groups is 1. The molecule has 1 aromatic carbocycles. The molecule has 0 radical (unpaired) electrons. The zero-order valence-electron chi connectivity index (χ0n) is 10.9. The van der Waals surface area contributed by atoms with Crippen LogP contribution in [-0.4, -0.2) is 11.2 Å². The zero-order valence-corrected chi connectivity index (χ0v) is 11.8. The Hall–Kier alpha value is -0.570. The molecule has 1 rings (SSSR count). The van der Waals surface area contributed by atoms with Crippen LogP contribution in [0, 0.1) is 13.8 Å². The molecular formula is C14H24ClNO. The Morgan fingerprint density at radius 3 is 2.24 bits per heavy atom. The predicted molar refractivity (Wildman–Crippen MR) is 75.6 cm³/mol. The van der Waals surface area contributed by atoms with Gasteiger partial charge in [-0.3, -0.25) is 0 Å². The third-order valence-corrected chi connectivity index (χ3v) is 3.14. The Labute approximate surface area is 111 Å². The number of aliphatic hydroxyl groups excluding tert-OH is 1. The highest BCUT2D eigenvalue weighted by molar-refractivity contribution is 5.85. The fraction of sp³-hybridized carbons (Fsp3) is 0.571. The van der Waals surface area contributed by atoms with Crippen LogP contribution in [0.1, 0.15) is 48.9 Å². The molecule has 0 saturated heterocycles. The summed E-state index contributed by atoms with van der Waals surface area (Å²) in [4.78, 5) is 0. The lowest BCUT2D eigenvalue weighted by molar-refractivity contribution is 0.132. The van der Waals surface area contributed by atoms with E-state index in [-0.39, 0.29) is 18.4 Å². The first-order chi connectivity index (χ1) is 7.57. The van der Waals surface area contributed by atoms with Crippen LogP contribution < -0.4 is 5.73 Å². The monoisotopic (exact) mass is 257 g/mol. The van der Waals surface area contributed by atoms with Crippen LogP contribution in [0.3, 0.4) is 0 Å². The molecule has 98 valence electrons. The lowest BCUT2D eigenvalue weighted by Gasteiger charge is -2.22. The van der Waals surface area contributed by atoms with Crippen molar-refractivity contribution in [3.05, 3.63) is 34.9 Å². The Balaban J connectivity index is 0.00000256. The van der Waals surface area contributed by atoms with E-state index in [1.807, 2.05) is 6.07 Å². The summed E-state index contributed by atoms with van der Waals surface area (Å²) in [6.07, 6.45) is 2.47. The summed E-state index contributed by atoms with van der Waals surface area (Å²) in [5.74, 6) is 0. The fourth-order valence-electron chi connectivity index (χ4n) is 2.14. The molecule has 0 spiro atoms. The van der Waals surface area contributed by atoms with Crippen molar-refractivity contribution in [3.8, 4) is 0 Å². The van der Waals surface area contributed by atoms with Crippen molar-refractivity contribution >= 4 is 12.4 Å². The number of halogens is 1. The average Bonchev–Trinajstić information content (AvgIpc) is 2.25. The van der Waals surface area contributed by atoms with Gasteiger partial charge < -0.3 is 10.8 Å². The molecule has 2 atom stereocenters. The van der Waals surface area contributed by atoms with Gasteiger partial charge in [0.25, 0.3) is 0 Å². The van der Waals surface area contributed by atoms with E-state index in [1.165, 1.54) is 11.1 Å². The minimum absolute atomic E-state index is 0. The van der Waals surface area contributed by atoms with Gasteiger partial charge in [-0.25, -0.2) is 0 Å². The van der Waals surface area contributed by atoms with E-state index in [9.17, 15) is 5.11 Å². The SMILES string of the molecule is CCCC[C@H](O)[C@H](N)c1c(C)cccc1C.Cl. The quantitative estimate of drug-likeness (QED) is 0.850. The lowest BCUT2D eigenvalue weighted by Crippen LogP contribution is -2.27. The Bertz CT molecular complexity index is 321. The Kier molecular flexibility index (Phi) is 7.44. The molecule has 0 amide bonds. The molecule has 0 aliphatic carbocycles. The molecule has 17 heavy (non-hydrogen) atoms. The van der Waals surface area contributed by atoms with E-state index in [0.29, 0.717) is 0 Å². The van der Waals surface area contributed by atoms with E-state index in [4.69, 9.17) is 5.73 Å². The van der Waals surface area contributed by atoms with Crippen molar-refractivity contribution in [1.29, 1.82) is 0 Å². The van der Waals surface area contributed by atoms with E-state index in [1.54, 1.807) is 0 Å². The van der Waals surface area contributed by atoms with Gasteiger partial charge in [0.2, 0.25) is 0 Å². The molecule has 0 unspecified atom stereocenters. The average molecular weight is 258 g/mol. The number of benzene rings is 1. The van der Waals surface area contributed by atoms with E-state index < -0.39 is 6.10 Å². The van der Waals surface area contributed by atoms with Crippen LogP contribution in [0.25, 0.3) is 0 Å². The molecule has 3 N–H and O–H groups in total. The van der Waals surface area contributed by atoms with Crippen molar-refractivity contribution in [2.45, 2.75) is 52.2 Å². The second kappa shape index (κ2) is 7.70. The van der Waals surface area contributed by atoms with Crippen LogP contribution in [0.4, 0.5) is 0 Å². The first-order valence-corrected chi connectivity index (χ1v) is 6.07. The number of hydrogen-bond donors (Lipinski definition) is 2. The summed E-state index contributed by atoms with van der Waals surface area (Å²) in [7, 11) is 0. The van der Waals surface area contributed by atoms with Gasteiger partial charge in [-0.2, -0.15) is 0 Å². The van der Waals surface area contributed by atoms with Crippen LogP contribution in [-0.2, 0) is 0 Å². The fourth-order valence-corrected chi connectivity index (χ4v) is 2.14. The van der Waals surface area contributed by atoms with Gasteiger partial charge in [0, 0.05) is 0 Å². The van der Waals surface area contributed by atoms with Crippen molar-refractivity contribution in [2.75, 3.05) is 0 Å². The van der Waals surface area contributed by atoms with Crippen molar-refractivity contribution in [3.63, 3.8) is 0 Å². The van der Waals surface area contributed by atoms with Crippen LogP contribution >= 0.6 is 12.4 Å². The van der Waals surface area contributed by atoms with Gasteiger partial charge in [-0.1, -0.05) is 38.0 Å². The second-order valence-electron chi connectivity index (χ2n) is 4.54. The maximum absolute atomic E-state index is 10.0. The molecule has 0 bridgehead atoms. The summed E-state index contributed by atoms with van der Waals surface area (Å²) >= 11 is 0. The van der Waals surface area contributed by atoms with Gasteiger partial charge in [0.15, 0.2) is 0 Å². The highest BCUT2D eigenvalue weighted by Gasteiger charge is 2.19. The molecule has 0 heterocycles. The molecule has 3 heteroatoms. The maximum Gasteiger partial charge on any atom is 0.0733 e. The van der Waals surface area contributed by atoms with Crippen LogP contribution in [0.2, 0.25) is 0 Å². The topological polar surface area (TPSA) is 46.2 Å². The molecule has 0 aliphatic rings. The second-order valence-corrected chi connectivity index (χ2v) is 4.54. The lowest BCUT2D eigenvalue weighted by atomic mass is 9.91. The van der Waals surface area contributed by atoms with E-state index in [2.05, 4.69) is 32.9 Å².